The highest BCUT2D eigenvalue weighted by Crippen LogP contribution is 2.27. The Balaban J connectivity index is 2.37. The van der Waals surface area contributed by atoms with E-state index in [0.29, 0.717) is 11.9 Å². The van der Waals surface area contributed by atoms with Crippen LogP contribution in [0, 0.1) is 11.6 Å². The second-order valence-corrected chi connectivity index (χ2v) is 7.03. The third-order valence-corrected chi connectivity index (χ3v) is 5.94. The summed E-state index contributed by atoms with van der Waals surface area (Å²) in [6.07, 6.45) is 2.53. The van der Waals surface area contributed by atoms with E-state index in [4.69, 9.17) is 0 Å². The highest BCUT2D eigenvalue weighted by atomic mass is 79.9. The molecule has 7 heteroatoms. The van der Waals surface area contributed by atoms with Crippen LogP contribution in [0.3, 0.4) is 0 Å². The topological polar surface area (TPSA) is 37.4 Å². The van der Waals surface area contributed by atoms with E-state index in [2.05, 4.69) is 15.9 Å². The smallest absolute Gasteiger partial charge is 0.207 e. The van der Waals surface area contributed by atoms with Crippen LogP contribution in [-0.4, -0.2) is 30.6 Å². The Labute approximate surface area is 119 Å². The van der Waals surface area contributed by atoms with Gasteiger partial charge in [-0.3, -0.25) is 0 Å². The monoisotopic (exact) mass is 353 g/mol. The molecule has 0 spiro atoms. The lowest BCUT2D eigenvalue weighted by Gasteiger charge is -2.33. The fourth-order valence-corrected chi connectivity index (χ4v) is 4.79. The highest BCUT2D eigenvalue weighted by Gasteiger charge is 2.33. The van der Waals surface area contributed by atoms with E-state index >= 15 is 0 Å². The molecule has 0 aliphatic carbocycles. The molecule has 1 unspecified atom stereocenters. The molecule has 3 nitrogen and oxygen atoms in total. The largest absolute Gasteiger partial charge is 0.243 e. The molecule has 0 amide bonds. The van der Waals surface area contributed by atoms with Gasteiger partial charge in [0.25, 0.3) is 0 Å². The van der Waals surface area contributed by atoms with E-state index in [0.717, 1.165) is 37.5 Å². The first-order chi connectivity index (χ1) is 8.96. The lowest BCUT2D eigenvalue weighted by atomic mass is 10.1. The molecule has 0 bridgehead atoms. The Morgan fingerprint density at radius 3 is 2.63 bits per heavy atom. The summed E-state index contributed by atoms with van der Waals surface area (Å²) in [6, 6.07) is 2.56. The molecule has 106 valence electrons. The van der Waals surface area contributed by atoms with E-state index in [9.17, 15) is 17.2 Å². The summed E-state index contributed by atoms with van der Waals surface area (Å²) in [5.41, 5.74) is 0. The van der Waals surface area contributed by atoms with E-state index in [1.54, 1.807) is 0 Å². The average Bonchev–Trinajstić information content (AvgIpc) is 2.41. The van der Waals surface area contributed by atoms with Gasteiger partial charge >= 0.3 is 0 Å². The first kappa shape index (κ1) is 14.9. The molecule has 1 aliphatic heterocycles. The van der Waals surface area contributed by atoms with Crippen molar-refractivity contribution in [2.75, 3.05) is 11.9 Å². The maximum atomic E-state index is 13.2. The van der Waals surface area contributed by atoms with E-state index < -0.39 is 21.7 Å². The summed E-state index contributed by atoms with van der Waals surface area (Å²) >= 11 is 3.30. The molecule has 1 saturated heterocycles. The van der Waals surface area contributed by atoms with Crippen molar-refractivity contribution in [2.45, 2.75) is 30.2 Å². The van der Waals surface area contributed by atoms with E-state index in [-0.39, 0.29) is 10.9 Å². The van der Waals surface area contributed by atoms with Crippen LogP contribution < -0.4 is 0 Å². The SMILES string of the molecule is O=S(=O)(c1ccc(F)c(F)c1)N1CCCCC1CBr. The summed E-state index contributed by atoms with van der Waals surface area (Å²) in [5.74, 6) is -2.19. The van der Waals surface area contributed by atoms with Crippen LogP contribution in [0.15, 0.2) is 23.1 Å². The van der Waals surface area contributed by atoms with Crippen molar-refractivity contribution in [1.82, 2.24) is 4.31 Å². The van der Waals surface area contributed by atoms with Gasteiger partial charge in [-0.2, -0.15) is 4.31 Å². The average molecular weight is 354 g/mol. The Bertz CT molecular complexity index is 565. The summed E-state index contributed by atoms with van der Waals surface area (Å²) in [6.45, 7) is 0.414. The number of hydrogen-bond acceptors (Lipinski definition) is 2. The molecule has 2 rings (SSSR count). The summed E-state index contributed by atoms with van der Waals surface area (Å²) < 4.78 is 52.3. The molecular weight excluding hydrogens is 340 g/mol. The van der Waals surface area contributed by atoms with Gasteiger partial charge in [-0.05, 0) is 31.0 Å². The molecule has 0 radical (unpaired) electrons. The van der Waals surface area contributed by atoms with Crippen LogP contribution in [0.2, 0.25) is 0 Å². The lowest BCUT2D eigenvalue weighted by molar-refractivity contribution is 0.273. The Morgan fingerprint density at radius 1 is 1.26 bits per heavy atom. The summed E-state index contributed by atoms with van der Waals surface area (Å²) in [7, 11) is -3.77. The van der Waals surface area contributed by atoms with Crippen molar-refractivity contribution in [1.29, 1.82) is 0 Å². The molecule has 1 aromatic rings. The van der Waals surface area contributed by atoms with Crippen LogP contribution in [0.5, 0.6) is 0 Å². The van der Waals surface area contributed by atoms with Gasteiger partial charge in [0, 0.05) is 17.9 Å². The second-order valence-electron chi connectivity index (χ2n) is 4.50. The van der Waals surface area contributed by atoms with Crippen LogP contribution >= 0.6 is 15.9 Å². The highest BCUT2D eigenvalue weighted by molar-refractivity contribution is 9.09. The quantitative estimate of drug-likeness (QED) is 0.783. The molecule has 0 saturated carbocycles. The molecule has 1 heterocycles. The lowest BCUT2D eigenvalue weighted by Crippen LogP contribution is -2.44. The van der Waals surface area contributed by atoms with Crippen LogP contribution in [0.25, 0.3) is 0 Å². The van der Waals surface area contributed by atoms with Crippen molar-refractivity contribution in [3.05, 3.63) is 29.8 Å². The molecule has 1 fully saturated rings. The first-order valence-electron chi connectivity index (χ1n) is 5.99. The number of sulfonamides is 1. The zero-order valence-electron chi connectivity index (χ0n) is 10.2. The maximum Gasteiger partial charge on any atom is 0.243 e. The Kier molecular flexibility index (Phi) is 4.58. The number of piperidine rings is 1. The zero-order chi connectivity index (χ0) is 14.0. The zero-order valence-corrected chi connectivity index (χ0v) is 12.6. The van der Waals surface area contributed by atoms with Crippen molar-refractivity contribution >= 4 is 26.0 Å². The molecule has 1 aromatic carbocycles. The van der Waals surface area contributed by atoms with Gasteiger partial charge < -0.3 is 0 Å². The van der Waals surface area contributed by atoms with E-state index in [1.807, 2.05) is 0 Å². The predicted molar refractivity (Wildman–Crippen MR) is 71.7 cm³/mol. The molecule has 1 aliphatic rings. The minimum Gasteiger partial charge on any atom is -0.207 e. The number of halogens is 3. The number of benzene rings is 1. The maximum absolute atomic E-state index is 13.2. The fraction of sp³-hybridized carbons (Fsp3) is 0.500. The van der Waals surface area contributed by atoms with Crippen molar-refractivity contribution in [3.63, 3.8) is 0 Å². The minimum atomic E-state index is -3.77. The third-order valence-electron chi connectivity index (χ3n) is 3.25. The third kappa shape index (κ3) is 2.98. The minimum absolute atomic E-state index is 0.133. The van der Waals surface area contributed by atoms with Crippen molar-refractivity contribution in [2.24, 2.45) is 0 Å². The second kappa shape index (κ2) is 5.85. The first-order valence-corrected chi connectivity index (χ1v) is 8.56. The van der Waals surface area contributed by atoms with Gasteiger partial charge in [-0.1, -0.05) is 22.4 Å². The fourth-order valence-electron chi connectivity index (χ4n) is 2.22. The van der Waals surface area contributed by atoms with Gasteiger partial charge in [-0.25, -0.2) is 17.2 Å². The number of alkyl halides is 1. The standard InChI is InChI=1S/C12H14BrF2NO2S/c13-8-9-3-1-2-6-16(9)19(17,18)10-4-5-11(14)12(15)7-10/h4-5,7,9H,1-3,6,8H2. The Hall–Kier alpha value is -0.530. The van der Waals surface area contributed by atoms with Gasteiger partial charge in [0.05, 0.1) is 4.90 Å². The predicted octanol–water partition coefficient (Wildman–Crippen LogP) is 2.90. The van der Waals surface area contributed by atoms with Crippen LogP contribution in [0.1, 0.15) is 19.3 Å². The van der Waals surface area contributed by atoms with Gasteiger partial charge in [0.1, 0.15) is 0 Å². The summed E-state index contributed by atoms with van der Waals surface area (Å²) in [4.78, 5) is -0.195. The molecular formula is C12H14BrF2NO2S. The van der Waals surface area contributed by atoms with Crippen LogP contribution in [0.4, 0.5) is 8.78 Å². The van der Waals surface area contributed by atoms with Crippen LogP contribution in [-0.2, 0) is 10.0 Å². The molecule has 19 heavy (non-hydrogen) atoms. The number of nitrogens with zero attached hydrogens (tertiary/aromatic N) is 1. The van der Waals surface area contributed by atoms with Crippen molar-refractivity contribution < 1.29 is 17.2 Å². The van der Waals surface area contributed by atoms with Gasteiger partial charge in [-0.15, -0.1) is 0 Å². The molecule has 0 aromatic heterocycles. The number of rotatable bonds is 3. The molecule has 1 atom stereocenters. The molecule has 0 N–H and O–H groups in total. The normalized spacial score (nSPS) is 21.5. The van der Waals surface area contributed by atoms with Crippen molar-refractivity contribution in [3.8, 4) is 0 Å². The van der Waals surface area contributed by atoms with E-state index in [1.165, 1.54) is 4.31 Å². The van der Waals surface area contributed by atoms with Gasteiger partial charge in [0.2, 0.25) is 10.0 Å². The Morgan fingerprint density at radius 2 is 2.00 bits per heavy atom. The summed E-state index contributed by atoms with van der Waals surface area (Å²) in [5, 5.41) is 0.538. The van der Waals surface area contributed by atoms with Gasteiger partial charge in [0.15, 0.2) is 11.6 Å². The number of hydrogen-bond donors (Lipinski definition) is 0.